The average Bonchev–Trinajstić information content (AvgIpc) is 2.75. The van der Waals surface area contributed by atoms with Crippen molar-refractivity contribution in [1.82, 2.24) is 10.3 Å². The molecule has 0 spiro atoms. The molecular weight excluding hydrogens is 240 g/mol. The molecule has 1 heterocycles. The van der Waals surface area contributed by atoms with Gasteiger partial charge in [0.25, 0.3) is 5.91 Å². The maximum atomic E-state index is 11.7. The second-order valence-corrected chi connectivity index (χ2v) is 4.83. The molecule has 0 saturated carbocycles. The van der Waals surface area contributed by atoms with E-state index in [1.807, 2.05) is 6.92 Å². The summed E-state index contributed by atoms with van der Waals surface area (Å²) in [5.74, 6) is 0.0921. The topological polar surface area (TPSA) is 71.5 Å². The maximum Gasteiger partial charge on any atom is 0.270 e. The van der Waals surface area contributed by atoms with E-state index in [1.165, 1.54) is 11.3 Å². The first kappa shape index (κ1) is 14.1. The lowest BCUT2D eigenvalue weighted by molar-refractivity contribution is 0.0940. The molecule has 0 radical (unpaired) electrons. The summed E-state index contributed by atoms with van der Waals surface area (Å²) in [4.78, 5) is 15.9. The van der Waals surface area contributed by atoms with Crippen LogP contribution in [0, 0.1) is 5.92 Å². The van der Waals surface area contributed by atoms with Gasteiger partial charge in [0.1, 0.15) is 10.7 Å². The molecule has 0 saturated heterocycles. The summed E-state index contributed by atoms with van der Waals surface area (Å²) in [6.45, 7) is 3.11. The molecule has 5 nitrogen and oxygen atoms in total. The van der Waals surface area contributed by atoms with Gasteiger partial charge in [-0.15, -0.1) is 11.3 Å². The molecule has 0 bridgehead atoms. The molecule has 0 fully saturated rings. The van der Waals surface area contributed by atoms with Crippen LogP contribution in [0.1, 0.15) is 28.8 Å². The highest BCUT2D eigenvalue weighted by Gasteiger charge is 2.11. The van der Waals surface area contributed by atoms with E-state index in [0.29, 0.717) is 25.3 Å². The van der Waals surface area contributed by atoms with Gasteiger partial charge in [0.05, 0.1) is 6.61 Å². The van der Waals surface area contributed by atoms with E-state index in [1.54, 1.807) is 12.5 Å². The predicted molar refractivity (Wildman–Crippen MR) is 66.0 cm³/mol. The number of amides is 1. The van der Waals surface area contributed by atoms with Crippen LogP contribution >= 0.6 is 11.3 Å². The van der Waals surface area contributed by atoms with Gasteiger partial charge in [0.2, 0.25) is 0 Å². The van der Waals surface area contributed by atoms with Gasteiger partial charge in [0, 0.05) is 25.6 Å². The zero-order valence-electron chi connectivity index (χ0n) is 10.1. The Balaban J connectivity index is 2.40. The van der Waals surface area contributed by atoms with Crippen LogP contribution in [0.5, 0.6) is 0 Å². The molecule has 1 aromatic heterocycles. The minimum absolute atomic E-state index is 0.145. The van der Waals surface area contributed by atoms with Gasteiger partial charge in [0.15, 0.2) is 0 Å². The number of nitrogens with zero attached hydrogens (tertiary/aromatic N) is 1. The number of methoxy groups -OCH3 is 1. The normalized spacial score (nSPS) is 12.4. The summed E-state index contributed by atoms with van der Waals surface area (Å²) in [6, 6.07) is 0. The number of hydrogen-bond acceptors (Lipinski definition) is 5. The maximum absolute atomic E-state index is 11.7. The van der Waals surface area contributed by atoms with Crippen molar-refractivity contribution in [2.45, 2.75) is 20.0 Å². The number of aliphatic hydroxyl groups excluding tert-OH is 1. The van der Waals surface area contributed by atoms with Crippen LogP contribution in [-0.2, 0) is 11.3 Å². The number of rotatable bonds is 7. The highest BCUT2D eigenvalue weighted by molar-refractivity contribution is 7.09. The lowest BCUT2D eigenvalue weighted by Gasteiger charge is -2.09. The van der Waals surface area contributed by atoms with Crippen molar-refractivity contribution in [1.29, 1.82) is 0 Å². The van der Waals surface area contributed by atoms with E-state index in [-0.39, 0.29) is 18.4 Å². The minimum Gasteiger partial charge on any atom is -0.396 e. The summed E-state index contributed by atoms with van der Waals surface area (Å²) in [7, 11) is 1.59. The van der Waals surface area contributed by atoms with Crippen LogP contribution in [0.15, 0.2) is 5.38 Å². The van der Waals surface area contributed by atoms with Crippen molar-refractivity contribution in [3.8, 4) is 0 Å². The predicted octanol–water partition coefficient (Wildman–Crippen LogP) is 1.04. The molecule has 1 unspecified atom stereocenters. The van der Waals surface area contributed by atoms with Crippen LogP contribution in [0.3, 0.4) is 0 Å². The van der Waals surface area contributed by atoms with E-state index in [9.17, 15) is 4.79 Å². The molecule has 0 aromatic carbocycles. The summed E-state index contributed by atoms with van der Waals surface area (Å²) in [5.41, 5.74) is 0.429. The molecule has 1 rings (SSSR count). The van der Waals surface area contributed by atoms with Crippen LogP contribution in [0.4, 0.5) is 0 Å². The number of ether oxygens (including phenoxy) is 1. The number of carbonyl (C=O) groups excluding carboxylic acids is 1. The zero-order chi connectivity index (χ0) is 12.7. The Morgan fingerprint density at radius 3 is 3.12 bits per heavy atom. The van der Waals surface area contributed by atoms with Gasteiger partial charge in [-0.1, -0.05) is 6.92 Å². The van der Waals surface area contributed by atoms with Crippen molar-refractivity contribution in [3.63, 3.8) is 0 Å². The third-order valence-electron chi connectivity index (χ3n) is 2.29. The van der Waals surface area contributed by atoms with Gasteiger partial charge in [-0.25, -0.2) is 4.98 Å². The average molecular weight is 258 g/mol. The summed E-state index contributed by atoms with van der Waals surface area (Å²) in [5, 5.41) is 14.1. The summed E-state index contributed by atoms with van der Waals surface area (Å²) >= 11 is 1.41. The number of aromatic nitrogens is 1. The Morgan fingerprint density at radius 1 is 1.71 bits per heavy atom. The molecule has 0 aliphatic rings. The van der Waals surface area contributed by atoms with E-state index >= 15 is 0 Å². The van der Waals surface area contributed by atoms with Gasteiger partial charge in [-0.05, 0) is 12.3 Å². The highest BCUT2D eigenvalue weighted by atomic mass is 32.1. The number of thiazole rings is 1. The molecule has 1 amide bonds. The number of nitrogens with one attached hydrogen (secondary N) is 1. The lowest BCUT2D eigenvalue weighted by atomic mass is 10.1. The Kier molecular flexibility index (Phi) is 6.10. The first-order valence-electron chi connectivity index (χ1n) is 5.49. The van der Waals surface area contributed by atoms with Gasteiger partial charge in [-0.3, -0.25) is 4.79 Å². The van der Waals surface area contributed by atoms with Crippen molar-refractivity contribution < 1.29 is 14.6 Å². The number of hydrogen-bond donors (Lipinski definition) is 2. The third-order valence-corrected chi connectivity index (χ3v) is 3.11. The smallest absolute Gasteiger partial charge is 0.270 e. The van der Waals surface area contributed by atoms with Gasteiger partial charge < -0.3 is 15.2 Å². The Labute approximate surface area is 105 Å². The van der Waals surface area contributed by atoms with Crippen LogP contribution in [0.25, 0.3) is 0 Å². The van der Waals surface area contributed by atoms with E-state index in [2.05, 4.69) is 10.3 Å². The molecule has 96 valence electrons. The standard InChI is InChI=1S/C11H18N2O3S/c1-8(3-4-14)5-12-11(15)9-7-17-10(13-9)6-16-2/h7-8,14H,3-6H2,1-2H3,(H,12,15). The second-order valence-electron chi connectivity index (χ2n) is 3.89. The SMILES string of the molecule is COCc1nc(C(=O)NCC(C)CCO)cs1. The molecule has 0 aliphatic heterocycles. The Morgan fingerprint density at radius 2 is 2.47 bits per heavy atom. The molecule has 1 atom stereocenters. The van der Waals surface area contributed by atoms with Crippen molar-refractivity contribution >= 4 is 17.2 Å². The summed E-state index contributed by atoms with van der Waals surface area (Å²) in [6.07, 6.45) is 0.687. The van der Waals surface area contributed by atoms with Crippen molar-refractivity contribution in [2.24, 2.45) is 5.92 Å². The largest absolute Gasteiger partial charge is 0.396 e. The van der Waals surface area contributed by atoms with Crippen LogP contribution in [0.2, 0.25) is 0 Å². The molecule has 0 aliphatic carbocycles. The quantitative estimate of drug-likeness (QED) is 0.766. The third kappa shape index (κ3) is 4.80. The second kappa shape index (κ2) is 7.37. The first-order valence-corrected chi connectivity index (χ1v) is 6.37. The highest BCUT2D eigenvalue weighted by Crippen LogP contribution is 2.10. The monoisotopic (exact) mass is 258 g/mol. The van der Waals surface area contributed by atoms with Gasteiger partial charge >= 0.3 is 0 Å². The van der Waals surface area contributed by atoms with E-state index in [4.69, 9.17) is 9.84 Å². The minimum atomic E-state index is -0.173. The van der Waals surface area contributed by atoms with E-state index < -0.39 is 0 Å². The van der Waals surface area contributed by atoms with Crippen LogP contribution in [-0.4, -0.2) is 36.3 Å². The van der Waals surface area contributed by atoms with Crippen molar-refractivity contribution in [2.75, 3.05) is 20.3 Å². The zero-order valence-corrected chi connectivity index (χ0v) is 10.9. The van der Waals surface area contributed by atoms with E-state index in [0.717, 1.165) is 5.01 Å². The molecule has 6 heteroatoms. The fourth-order valence-electron chi connectivity index (χ4n) is 1.28. The molecule has 1 aromatic rings. The number of aliphatic hydroxyl groups is 1. The van der Waals surface area contributed by atoms with Gasteiger partial charge in [-0.2, -0.15) is 0 Å². The lowest BCUT2D eigenvalue weighted by Crippen LogP contribution is -2.28. The Bertz CT molecular complexity index is 354. The fraction of sp³-hybridized carbons (Fsp3) is 0.636. The molecule has 17 heavy (non-hydrogen) atoms. The van der Waals surface area contributed by atoms with Crippen LogP contribution < -0.4 is 5.32 Å². The van der Waals surface area contributed by atoms with Crippen molar-refractivity contribution in [3.05, 3.63) is 16.1 Å². The number of carbonyl (C=O) groups is 1. The molecular formula is C11H18N2O3S. The Hall–Kier alpha value is -0.980. The molecule has 2 N–H and O–H groups in total. The summed E-state index contributed by atoms with van der Waals surface area (Å²) < 4.78 is 4.94. The first-order chi connectivity index (χ1) is 8.17. The fourth-order valence-corrected chi connectivity index (χ4v) is 2.03.